The first-order valence-corrected chi connectivity index (χ1v) is 15.6. The van der Waals surface area contributed by atoms with Crippen LogP contribution in [0.2, 0.25) is 5.02 Å². The van der Waals surface area contributed by atoms with Crippen LogP contribution in [-0.4, -0.2) is 108 Å². The third kappa shape index (κ3) is 8.06. The Morgan fingerprint density at radius 1 is 1.31 bits per heavy atom. The van der Waals surface area contributed by atoms with Gasteiger partial charge in [-0.2, -0.15) is 0 Å². The number of carbonyl (C=O) groups is 2. The summed E-state index contributed by atoms with van der Waals surface area (Å²) in [4.78, 5) is 39.3. The number of rotatable bonds is 12. The third-order valence-corrected chi connectivity index (χ3v) is 8.51. The SMILES string of the molecule is C[C@H](C(=O)N[C@H](CO)C1=CC(OCCN(C)C)CC(F)=C1)N1Cc2ccc(-c3nc(NC4CCOCC4)ncc3Cl)cc2C1=O. The molecule has 0 saturated carbocycles. The lowest BCUT2D eigenvalue weighted by Gasteiger charge is -2.28. The van der Waals surface area contributed by atoms with Crippen molar-refractivity contribution in [1.82, 2.24) is 25.1 Å². The van der Waals surface area contributed by atoms with Crippen LogP contribution in [0, 0.1) is 0 Å². The fourth-order valence-corrected chi connectivity index (χ4v) is 5.78. The number of halogens is 2. The van der Waals surface area contributed by atoms with Crippen molar-refractivity contribution in [3.8, 4) is 11.3 Å². The molecule has 11 nitrogen and oxygen atoms in total. The van der Waals surface area contributed by atoms with E-state index >= 15 is 0 Å². The maximum Gasteiger partial charge on any atom is 0.255 e. The number of hydrogen-bond donors (Lipinski definition) is 3. The van der Waals surface area contributed by atoms with E-state index in [4.69, 9.17) is 21.1 Å². The van der Waals surface area contributed by atoms with Gasteiger partial charge in [-0.05, 0) is 57.1 Å². The highest BCUT2D eigenvalue weighted by molar-refractivity contribution is 6.33. The molecule has 3 aliphatic rings. The van der Waals surface area contributed by atoms with Gasteiger partial charge in [0.15, 0.2) is 0 Å². The standard InChI is InChI=1S/C32H40ClFN6O5/c1-19(30(42)37-28(18-41)22-12-23(34)15-25(13-22)45-11-8-39(2)3)40-17-21-5-4-20(14-26(21)31(40)43)29-27(33)16-35-32(38-29)36-24-6-9-44-10-7-24/h4-5,12-14,16,19,24-25,28,41H,6-11,15,17-18H2,1-3H3,(H,37,42)(H,35,36,38)/t19-,25?,28-/m1/s1. The number of aliphatic hydroxyl groups excluding tert-OH is 1. The highest BCUT2D eigenvalue weighted by Gasteiger charge is 2.35. The first-order valence-electron chi connectivity index (χ1n) is 15.2. The van der Waals surface area contributed by atoms with Gasteiger partial charge >= 0.3 is 0 Å². The molecule has 13 heteroatoms. The van der Waals surface area contributed by atoms with Crippen molar-refractivity contribution >= 4 is 29.4 Å². The molecule has 2 aliphatic heterocycles. The number of ether oxygens (including phenoxy) is 2. The number of aliphatic hydroxyl groups is 1. The third-order valence-electron chi connectivity index (χ3n) is 8.23. The first-order chi connectivity index (χ1) is 21.6. The highest BCUT2D eigenvalue weighted by Crippen LogP contribution is 2.33. The van der Waals surface area contributed by atoms with Gasteiger partial charge in [0.1, 0.15) is 11.9 Å². The number of fused-ring (bicyclic) bond motifs is 1. The van der Waals surface area contributed by atoms with Crippen LogP contribution in [0.25, 0.3) is 11.3 Å². The topological polar surface area (TPSA) is 129 Å². The summed E-state index contributed by atoms with van der Waals surface area (Å²) < 4.78 is 25.7. The van der Waals surface area contributed by atoms with Crippen LogP contribution in [0.1, 0.15) is 42.1 Å². The van der Waals surface area contributed by atoms with Crippen molar-refractivity contribution in [2.45, 2.75) is 57.0 Å². The molecule has 3 heterocycles. The average Bonchev–Trinajstić information content (AvgIpc) is 3.35. The van der Waals surface area contributed by atoms with Gasteiger partial charge in [-0.15, -0.1) is 0 Å². The molecule has 3 N–H and O–H groups in total. The maximum absolute atomic E-state index is 14.5. The summed E-state index contributed by atoms with van der Waals surface area (Å²) >= 11 is 6.48. The zero-order valence-corrected chi connectivity index (χ0v) is 26.5. The van der Waals surface area contributed by atoms with Crippen molar-refractivity contribution < 1.29 is 28.6 Å². The van der Waals surface area contributed by atoms with E-state index < -0.39 is 30.7 Å². The summed E-state index contributed by atoms with van der Waals surface area (Å²) in [5, 5.41) is 16.6. The van der Waals surface area contributed by atoms with Crippen LogP contribution >= 0.6 is 11.6 Å². The summed E-state index contributed by atoms with van der Waals surface area (Å²) in [6.07, 6.45) is 5.88. The number of likely N-dealkylation sites (N-methyl/N-ethyl adjacent to an activating group) is 1. The quantitative estimate of drug-likeness (QED) is 0.319. The summed E-state index contributed by atoms with van der Waals surface area (Å²) in [5.74, 6) is -0.714. The van der Waals surface area contributed by atoms with Crippen molar-refractivity contribution in [2.24, 2.45) is 0 Å². The van der Waals surface area contributed by atoms with Crippen molar-refractivity contribution in [3.63, 3.8) is 0 Å². The lowest BCUT2D eigenvalue weighted by atomic mass is 9.97. The molecule has 2 amide bonds. The van der Waals surface area contributed by atoms with Gasteiger partial charge in [-0.3, -0.25) is 9.59 Å². The van der Waals surface area contributed by atoms with Crippen LogP contribution in [0.4, 0.5) is 10.3 Å². The normalized spacial score (nSPS) is 20.0. The second-order valence-corrected chi connectivity index (χ2v) is 12.2. The molecule has 2 aromatic rings. The Bertz CT molecular complexity index is 1460. The molecule has 242 valence electrons. The summed E-state index contributed by atoms with van der Waals surface area (Å²) in [6, 6.07) is 3.91. The van der Waals surface area contributed by atoms with Gasteiger partial charge in [0.25, 0.3) is 5.91 Å². The Kier molecular flexibility index (Phi) is 10.8. The van der Waals surface area contributed by atoms with E-state index in [1.807, 2.05) is 31.1 Å². The van der Waals surface area contributed by atoms with Crippen LogP contribution < -0.4 is 10.6 Å². The Morgan fingerprint density at radius 3 is 2.82 bits per heavy atom. The first kappa shape index (κ1) is 33.0. The molecule has 0 spiro atoms. The Morgan fingerprint density at radius 2 is 2.09 bits per heavy atom. The van der Waals surface area contributed by atoms with E-state index in [9.17, 15) is 19.1 Å². The molecule has 5 rings (SSSR count). The molecule has 1 unspecified atom stereocenters. The van der Waals surface area contributed by atoms with Crippen LogP contribution in [0.15, 0.2) is 47.9 Å². The number of carbonyl (C=O) groups excluding carboxylic acids is 2. The van der Waals surface area contributed by atoms with Crippen molar-refractivity contribution in [1.29, 1.82) is 0 Å². The molecular weight excluding hydrogens is 603 g/mol. The van der Waals surface area contributed by atoms with Crippen molar-refractivity contribution in [3.05, 3.63) is 64.1 Å². The molecule has 0 radical (unpaired) electrons. The van der Waals surface area contributed by atoms with E-state index in [2.05, 4.69) is 20.6 Å². The monoisotopic (exact) mass is 642 g/mol. The predicted molar refractivity (Wildman–Crippen MR) is 168 cm³/mol. The zero-order valence-electron chi connectivity index (χ0n) is 25.8. The van der Waals surface area contributed by atoms with Crippen LogP contribution in [0.5, 0.6) is 0 Å². The maximum atomic E-state index is 14.5. The second-order valence-electron chi connectivity index (χ2n) is 11.8. The molecular formula is C32H40ClFN6O5. The van der Waals surface area contributed by atoms with Crippen LogP contribution in [0.3, 0.4) is 0 Å². The van der Waals surface area contributed by atoms with Gasteiger partial charge in [0, 0.05) is 49.9 Å². The van der Waals surface area contributed by atoms with E-state index in [-0.39, 0.29) is 30.7 Å². The summed E-state index contributed by atoms with van der Waals surface area (Å²) in [6.45, 7) is 3.87. The van der Waals surface area contributed by atoms with E-state index in [1.54, 1.807) is 19.1 Å². The number of anilines is 1. The van der Waals surface area contributed by atoms with Gasteiger partial charge in [0.05, 0.1) is 42.3 Å². The number of hydrogen-bond acceptors (Lipinski definition) is 9. The Hall–Kier alpha value is -3.42. The molecule has 45 heavy (non-hydrogen) atoms. The molecule has 1 aliphatic carbocycles. The van der Waals surface area contributed by atoms with Gasteiger partial charge in [-0.25, -0.2) is 14.4 Å². The molecule has 1 aromatic carbocycles. The zero-order chi connectivity index (χ0) is 32.1. The number of nitrogens with zero attached hydrogens (tertiary/aromatic N) is 4. The second kappa shape index (κ2) is 14.8. The van der Waals surface area contributed by atoms with Gasteiger partial charge < -0.3 is 35.0 Å². The van der Waals surface area contributed by atoms with E-state index in [0.29, 0.717) is 59.7 Å². The van der Waals surface area contributed by atoms with Crippen molar-refractivity contribution in [2.75, 3.05) is 52.4 Å². The molecule has 3 atom stereocenters. The highest BCUT2D eigenvalue weighted by atomic mass is 35.5. The number of nitrogens with one attached hydrogen (secondary N) is 2. The van der Waals surface area contributed by atoms with E-state index in [0.717, 1.165) is 18.4 Å². The van der Waals surface area contributed by atoms with E-state index in [1.165, 1.54) is 17.2 Å². The lowest BCUT2D eigenvalue weighted by Crippen LogP contribution is -2.50. The van der Waals surface area contributed by atoms with Crippen LogP contribution in [-0.2, 0) is 20.8 Å². The fraction of sp³-hybridized carbons (Fsp3) is 0.500. The van der Waals surface area contributed by atoms with Gasteiger partial charge in [-0.1, -0.05) is 29.8 Å². The Labute approximate surface area is 267 Å². The Balaban J connectivity index is 1.26. The lowest BCUT2D eigenvalue weighted by molar-refractivity contribution is -0.125. The average molecular weight is 643 g/mol. The number of aromatic nitrogens is 2. The molecule has 0 bridgehead atoms. The summed E-state index contributed by atoms with van der Waals surface area (Å²) in [7, 11) is 3.84. The largest absolute Gasteiger partial charge is 0.394 e. The number of benzene rings is 1. The minimum Gasteiger partial charge on any atom is -0.394 e. The minimum atomic E-state index is -0.860. The smallest absolute Gasteiger partial charge is 0.255 e. The minimum absolute atomic E-state index is 0.0932. The molecule has 1 aromatic heterocycles. The molecule has 1 saturated heterocycles. The fourth-order valence-electron chi connectivity index (χ4n) is 5.58. The summed E-state index contributed by atoms with van der Waals surface area (Å²) in [5.41, 5.74) is 2.80. The predicted octanol–water partition coefficient (Wildman–Crippen LogP) is 3.34. The van der Waals surface area contributed by atoms with Gasteiger partial charge in [0.2, 0.25) is 11.9 Å². The number of amides is 2. The molecule has 1 fully saturated rings.